The van der Waals surface area contributed by atoms with Gasteiger partial charge in [-0.05, 0) is 24.0 Å². The summed E-state index contributed by atoms with van der Waals surface area (Å²) in [4.78, 5) is 0. The molecule has 0 aromatic heterocycles. The van der Waals surface area contributed by atoms with Gasteiger partial charge in [0.15, 0.2) is 0 Å². The normalized spacial score (nSPS) is 25.1. The Labute approximate surface area is 98.3 Å². The average molecular weight is 215 g/mol. The summed E-state index contributed by atoms with van der Waals surface area (Å²) in [5.41, 5.74) is 2.94. The zero-order valence-electron chi connectivity index (χ0n) is 9.91. The summed E-state index contributed by atoms with van der Waals surface area (Å²) < 4.78 is 0. The van der Waals surface area contributed by atoms with Crippen LogP contribution in [0.3, 0.4) is 0 Å². The lowest BCUT2D eigenvalue weighted by Gasteiger charge is -2.24. The first-order valence-corrected chi connectivity index (χ1v) is 6.76. The number of benzene rings is 1. The fraction of sp³-hybridized carbons (Fsp3) is 0.600. The predicted octanol–water partition coefficient (Wildman–Crippen LogP) is 4.17. The van der Waals surface area contributed by atoms with Crippen LogP contribution in [-0.2, 0) is 0 Å². The van der Waals surface area contributed by atoms with Crippen LogP contribution in [0.25, 0.3) is 0 Å². The highest BCUT2D eigenvalue weighted by atomic mass is 14.9. The Balaban J connectivity index is 1.68. The van der Waals surface area contributed by atoms with Crippen LogP contribution >= 0.6 is 0 Å². The maximum Gasteiger partial charge on any atom is 0.0376 e. The molecule has 1 nitrogen and oxygen atoms in total. The van der Waals surface area contributed by atoms with Crippen molar-refractivity contribution in [3.63, 3.8) is 0 Å². The highest BCUT2D eigenvalue weighted by Crippen LogP contribution is 2.38. The van der Waals surface area contributed by atoms with Crippen molar-refractivity contribution in [3.05, 3.63) is 29.8 Å². The number of nitrogens with one attached hydrogen (secondary N) is 1. The molecule has 3 rings (SSSR count). The molecule has 0 saturated heterocycles. The molecule has 1 heteroatoms. The Kier molecular flexibility index (Phi) is 2.86. The third-order valence-corrected chi connectivity index (χ3v) is 4.28. The summed E-state index contributed by atoms with van der Waals surface area (Å²) in [7, 11) is 0. The highest BCUT2D eigenvalue weighted by molar-refractivity contribution is 5.57. The monoisotopic (exact) mass is 215 g/mol. The van der Waals surface area contributed by atoms with Gasteiger partial charge in [0.1, 0.15) is 0 Å². The Hall–Kier alpha value is -0.980. The Morgan fingerprint density at radius 1 is 1.06 bits per heavy atom. The summed E-state index contributed by atoms with van der Waals surface area (Å²) in [6.07, 6.45) is 8.75. The molecule has 0 amide bonds. The van der Waals surface area contributed by atoms with E-state index in [1.807, 2.05) is 0 Å². The standard InChI is InChI=1S/C15H21N/c1-2-6-12(7-3-1)10-13-11-16-15-9-5-4-8-14(13)15/h4-5,8-9,12-13,16H,1-3,6-7,10-11H2. The number of para-hydroxylation sites is 1. The van der Waals surface area contributed by atoms with Gasteiger partial charge in [0, 0.05) is 18.2 Å². The number of hydrogen-bond acceptors (Lipinski definition) is 1. The van der Waals surface area contributed by atoms with E-state index in [0.717, 1.165) is 18.4 Å². The van der Waals surface area contributed by atoms with Gasteiger partial charge >= 0.3 is 0 Å². The fourth-order valence-electron chi connectivity index (χ4n) is 3.39. The van der Waals surface area contributed by atoms with Crippen molar-refractivity contribution >= 4 is 5.69 Å². The van der Waals surface area contributed by atoms with Gasteiger partial charge in [0.25, 0.3) is 0 Å². The maximum atomic E-state index is 3.54. The molecule has 86 valence electrons. The number of fused-ring (bicyclic) bond motifs is 1. The fourth-order valence-corrected chi connectivity index (χ4v) is 3.39. The summed E-state index contributed by atoms with van der Waals surface area (Å²) in [5.74, 6) is 1.77. The lowest BCUT2D eigenvalue weighted by atomic mass is 9.81. The molecule has 16 heavy (non-hydrogen) atoms. The lowest BCUT2D eigenvalue weighted by molar-refractivity contribution is 0.323. The zero-order valence-corrected chi connectivity index (χ0v) is 9.91. The van der Waals surface area contributed by atoms with Gasteiger partial charge < -0.3 is 5.32 Å². The van der Waals surface area contributed by atoms with Crippen molar-refractivity contribution in [1.82, 2.24) is 0 Å². The SMILES string of the molecule is c1ccc2c(c1)NCC2CC1CCCCC1. The maximum absolute atomic E-state index is 3.54. The van der Waals surface area contributed by atoms with Crippen LogP contribution < -0.4 is 5.32 Å². The Morgan fingerprint density at radius 2 is 1.88 bits per heavy atom. The molecule has 1 aliphatic heterocycles. The molecular formula is C15H21N. The highest BCUT2D eigenvalue weighted by Gasteiger charge is 2.25. The first-order chi connectivity index (χ1) is 7.93. The van der Waals surface area contributed by atoms with Gasteiger partial charge in [-0.1, -0.05) is 50.3 Å². The molecule has 1 atom stereocenters. The van der Waals surface area contributed by atoms with Gasteiger partial charge in [-0.2, -0.15) is 0 Å². The number of rotatable bonds is 2. The van der Waals surface area contributed by atoms with Crippen molar-refractivity contribution in [1.29, 1.82) is 0 Å². The van der Waals surface area contributed by atoms with Crippen molar-refractivity contribution in [2.45, 2.75) is 44.4 Å². The van der Waals surface area contributed by atoms with Crippen molar-refractivity contribution < 1.29 is 0 Å². The largest absolute Gasteiger partial charge is 0.384 e. The minimum absolute atomic E-state index is 0.777. The number of hydrogen-bond donors (Lipinski definition) is 1. The second kappa shape index (κ2) is 4.48. The van der Waals surface area contributed by atoms with Gasteiger partial charge in [0.2, 0.25) is 0 Å². The summed E-state index contributed by atoms with van der Waals surface area (Å²) in [6.45, 7) is 1.16. The second-order valence-electron chi connectivity index (χ2n) is 5.40. The first kappa shape index (κ1) is 10.2. The summed E-state index contributed by atoms with van der Waals surface area (Å²) >= 11 is 0. The molecule has 0 radical (unpaired) electrons. The van der Waals surface area contributed by atoms with Crippen LogP contribution in [0.5, 0.6) is 0 Å². The van der Waals surface area contributed by atoms with Gasteiger partial charge in [0.05, 0.1) is 0 Å². The van der Waals surface area contributed by atoms with Crippen LogP contribution in [0.2, 0.25) is 0 Å². The minimum Gasteiger partial charge on any atom is -0.384 e. The van der Waals surface area contributed by atoms with Crippen molar-refractivity contribution in [2.24, 2.45) is 5.92 Å². The van der Waals surface area contributed by atoms with Crippen LogP contribution in [0.15, 0.2) is 24.3 Å². The van der Waals surface area contributed by atoms with E-state index in [1.165, 1.54) is 44.2 Å². The van der Waals surface area contributed by atoms with Gasteiger partial charge in [-0.15, -0.1) is 0 Å². The molecule has 1 aromatic carbocycles. The van der Waals surface area contributed by atoms with E-state index in [4.69, 9.17) is 0 Å². The van der Waals surface area contributed by atoms with E-state index in [-0.39, 0.29) is 0 Å². The Bertz CT molecular complexity index is 352. The third-order valence-electron chi connectivity index (χ3n) is 4.28. The molecule has 1 unspecified atom stereocenters. The van der Waals surface area contributed by atoms with Crippen molar-refractivity contribution in [2.75, 3.05) is 11.9 Å². The molecule has 0 bridgehead atoms. The summed E-state index contributed by atoms with van der Waals surface area (Å²) in [5, 5.41) is 3.54. The van der Waals surface area contributed by atoms with Crippen LogP contribution in [-0.4, -0.2) is 6.54 Å². The van der Waals surface area contributed by atoms with E-state index in [2.05, 4.69) is 29.6 Å². The zero-order chi connectivity index (χ0) is 10.8. The molecular weight excluding hydrogens is 194 g/mol. The number of anilines is 1. The molecule has 1 fully saturated rings. The van der Waals surface area contributed by atoms with E-state index in [1.54, 1.807) is 5.56 Å². The van der Waals surface area contributed by atoms with Gasteiger partial charge in [-0.25, -0.2) is 0 Å². The Morgan fingerprint density at radius 3 is 2.75 bits per heavy atom. The molecule has 2 aliphatic rings. The lowest BCUT2D eigenvalue weighted by Crippen LogP contribution is -2.12. The third kappa shape index (κ3) is 1.95. The molecule has 1 saturated carbocycles. The van der Waals surface area contributed by atoms with Gasteiger partial charge in [-0.3, -0.25) is 0 Å². The molecule has 0 spiro atoms. The molecule has 1 N–H and O–H groups in total. The molecule has 1 heterocycles. The van der Waals surface area contributed by atoms with Crippen molar-refractivity contribution in [3.8, 4) is 0 Å². The second-order valence-corrected chi connectivity index (χ2v) is 5.40. The molecule has 1 aromatic rings. The van der Waals surface area contributed by atoms with Crippen LogP contribution in [0, 0.1) is 5.92 Å². The van der Waals surface area contributed by atoms with Crippen LogP contribution in [0.1, 0.15) is 50.0 Å². The van der Waals surface area contributed by atoms with E-state index in [9.17, 15) is 0 Å². The van der Waals surface area contributed by atoms with E-state index >= 15 is 0 Å². The van der Waals surface area contributed by atoms with Crippen LogP contribution in [0.4, 0.5) is 5.69 Å². The molecule has 1 aliphatic carbocycles. The summed E-state index contributed by atoms with van der Waals surface area (Å²) in [6, 6.07) is 8.84. The minimum atomic E-state index is 0.777. The smallest absolute Gasteiger partial charge is 0.0376 e. The average Bonchev–Trinajstić information content (AvgIpc) is 2.74. The predicted molar refractivity (Wildman–Crippen MR) is 68.9 cm³/mol. The van der Waals surface area contributed by atoms with E-state index in [0.29, 0.717) is 0 Å². The van der Waals surface area contributed by atoms with E-state index < -0.39 is 0 Å². The topological polar surface area (TPSA) is 12.0 Å². The quantitative estimate of drug-likeness (QED) is 0.781. The first-order valence-electron chi connectivity index (χ1n) is 6.76.